The van der Waals surface area contributed by atoms with Crippen molar-refractivity contribution in [2.75, 3.05) is 6.61 Å². The smallest absolute Gasteiger partial charge is 0.181 e. The molecule has 0 bridgehead atoms. The Balaban J connectivity index is 2.40. The number of hydrogen-bond donors (Lipinski definition) is 2. The molecule has 1 rings (SSSR count). The molecule has 18 heavy (non-hydrogen) atoms. The first kappa shape index (κ1) is 14.9. The third kappa shape index (κ3) is 4.98. The lowest BCUT2D eigenvalue weighted by Crippen LogP contribution is -2.04. The van der Waals surface area contributed by atoms with Gasteiger partial charge in [-0.3, -0.25) is 4.79 Å². The number of allylic oxidation sites excluding steroid dienone is 3. The van der Waals surface area contributed by atoms with Crippen molar-refractivity contribution in [1.29, 1.82) is 0 Å². The monoisotopic (exact) mass is 250 g/mol. The van der Waals surface area contributed by atoms with Gasteiger partial charge in [0.1, 0.15) is 0 Å². The normalized spacial score (nSPS) is 19.8. The summed E-state index contributed by atoms with van der Waals surface area (Å²) in [5, 5.41) is 18.5. The Labute approximate surface area is 109 Å². The molecule has 0 aromatic carbocycles. The van der Waals surface area contributed by atoms with Crippen LogP contribution in [0.4, 0.5) is 0 Å². The van der Waals surface area contributed by atoms with Crippen LogP contribution in [0.25, 0.3) is 0 Å². The number of carbonyl (C=O) groups is 1. The van der Waals surface area contributed by atoms with Gasteiger partial charge in [0.05, 0.1) is 6.10 Å². The van der Waals surface area contributed by atoms with Crippen molar-refractivity contribution in [3.05, 3.63) is 35.5 Å². The second-order valence-electron chi connectivity index (χ2n) is 4.55. The van der Waals surface area contributed by atoms with Crippen LogP contribution in [-0.4, -0.2) is 28.7 Å². The van der Waals surface area contributed by atoms with Crippen molar-refractivity contribution >= 4 is 5.78 Å². The van der Waals surface area contributed by atoms with E-state index in [9.17, 15) is 9.90 Å². The van der Waals surface area contributed by atoms with Crippen molar-refractivity contribution in [2.45, 2.75) is 45.1 Å². The van der Waals surface area contributed by atoms with Crippen molar-refractivity contribution in [1.82, 2.24) is 0 Å². The molecule has 3 heteroatoms. The molecule has 3 nitrogen and oxygen atoms in total. The Morgan fingerprint density at radius 1 is 1.39 bits per heavy atom. The number of carbonyl (C=O) groups excluding carboxylic acids is 1. The molecular weight excluding hydrogens is 228 g/mol. The average molecular weight is 250 g/mol. The van der Waals surface area contributed by atoms with Crippen LogP contribution < -0.4 is 0 Å². The molecule has 0 aliphatic heterocycles. The molecule has 1 aliphatic carbocycles. The first-order chi connectivity index (χ1) is 8.67. The highest BCUT2D eigenvalue weighted by Gasteiger charge is 2.17. The van der Waals surface area contributed by atoms with Gasteiger partial charge in [-0.05, 0) is 43.8 Å². The summed E-state index contributed by atoms with van der Waals surface area (Å²) in [6.45, 7) is 2.13. The summed E-state index contributed by atoms with van der Waals surface area (Å²) in [7, 11) is 0. The van der Waals surface area contributed by atoms with E-state index in [0.717, 1.165) is 17.6 Å². The number of hydrogen-bond acceptors (Lipinski definition) is 3. The minimum atomic E-state index is -0.421. The lowest BCUT2D eigenvalue weighted by atomic mass is 10.1. The fourth-order valence-corrected chi connectivity index (χ4v) is 1.93. The minimum Gasteiger partial charge on any atom is -0.396 e. The first-order valence-electron chi connectivity index (χ1n) is 6.54. The summed E-state index contributed by atoms with van der Waals surface area (Å²) >= 11 is 0. The highest BCUT2D eigenvalue weighted by molar-refractivity contribution is 6.07. The predicted octanol–water partition coefficient (Wildman–Crippen LogP) is 2.30. The molecule has 0 saturated carbocycles. The van der Waals surface area contributed by atoms with Crippen molar-refractivity contribution < 1.29 is 15.0 Å². The second kappa shape index (κ2) is 8.01. The standard InChI is InChI=1S/C15H22O3/c1-2-3-4-5-14(17)7-6-13-10-12(8-9-16)11-15(13)18/h3-4,6,11,14,16-17H,2,5,7-10H2,1H3/b4-3-,13-6+/t14-/m0/s1. The van der Waals surface area contributed by atoms with E-state index in [4.69, 9.17) is 5.11 Å². The average Bonchev–Trinajstić information content (AvgIpc) is 2.68. The predicted molar refractivity (Wildman–Crippen MR) is 72.2 cm³/mol. The lowest BCUT2D eigenvalue weighted by molar-refractivity contribution is -0.111. The van der Waals surface area contributed by atoms with Crippen LogP contribution in [0.3, 0.4) is 0 Å². The Hall–Kier alpha value is -1.19. The molecule has 0 aromatic heterocycles. The zero-order chi connectivity index (χ0) is 13.4. The molecule has 1 aliphatic rings. The summed E-state index contributed by atoms with van der Waals surface area (Å²) in [5.41, 5.74) is 1.73. The minimum absolute atomic E-state index is 0.0229. The van der Waals surface area contributed by atoms with Crippen LogP contribution in [0, 0.1) is 0 Å². The van der Waals surface area contributed by atoms with Crippen LogP contribution in [0.15, 0.2) is 35.5 Å². The third-order valence-corrected chi connectivity index (χ3v) is 2.95. The van der Waals surface area contributed by atoms with E-state index < -0.39 is 6.10 Å². The van der Waals surface area contributed by atoms with Gasteiger partial charge in [-0.15, -0.1) is 0 Å². The molecule has 0 fully saturated rings. The first-order valence-corrected chi connectivity index (χ1v) is 6.54. The van der Waals surface area contributed by atoms with Crippen LogP contribution in [0.5, 0.6) is 0 Å². The van der Waals surface area contributed by atoms with Gasteiger partial charge < -0.3 is 10.2 Å². The Bertz CT molecular complexity index is 364. The van der Waals surface area contributed by atoms with E-state index in [1.807, 2.05) is 18.2 Å². The van der Waals surface area contributed by atoms with E-state index in [2.05, 4.69) is 6.92 Å². The van der Waals surface area contributed by atoms with Crippen molar-refractivity contribution in [3.8, 4) is 0 Å². The van der Waals surface area contributed by atoms with Crippen molar-refractivity contribution in [2.24, 2.45) is 0 Å². The van der Waals surface area contributed by atoms with E-state index in [1.165, 1.54) is 0 Å². The van der Waals surface area contributed by atoms with Gasteiger partial charge in [-0.1, -0.05) is 30.7 Å². The molecule has 0 saturated heterocycles. The maximum Gasteiger partial charge on any atom is 0.181 e. The highest BCUT2D eigenvalue weighted by Crippen LogP contribution is 2.24. The van der Waals surface area contributed by atoms with Gasteiger partial charge in [-0.2, -0.15) is 0 Å². The second-order valence-corrected chi connectivity index (χ2v) is 4.55. The number of aliphatic hydroxyl groups excluding tert-OH is 2. The molecule has 0 radical (unpaired) electrons. The zero-order valence-corrected chi connectivity index (χ0v) is 10.9. The van der Waals surface area contributed by atoms with E-state index in [-0.39, 0.29) is 12.4 Å². The maximum atomic E-state index is 11.6. The van der Waals surface area contributed by atoms with Gasteiger partial charge in [0.15, 0.2) is 5.78 Å². The summed E-state index contributed by atoms with van der Waals surface area (Å²) in [6, 6.07) is 0. The molecule has 100 valence electrons. The fourth-order valence-electron chi connectivity index (χ4n) is 1.93. The van der Waals surface area contributed by atoms with E-state index >= 15 is 0 Å². The third-order valence-electron chi connectivity index (χ3n) is 2.95. The molecule has 2 N–H and O–H groups in total. The van der Waals surface area contributed by atoms with Crippen LogP contribution in [-0.2, 0) is 4.79 Å². The molecule has 0 spiro atoms. The Morgan fingerprint density at radius 2 is 2.17 bits per heavy atom. The van der Waals surface area contributed by atoms with Gasteiger partial charge in [0.2, 0.25) is 0 Å². The molecular formula is C15H22O3. The number of aliphatic hydroxyl groups is 2. The van der Waals surface area contributed by atoms with Gasteiger partial charge >= 0.3 is 0 Å². The Morgan fingerprint density at radius 3 is 2.83 bits per heavy atom. The van der Waals surface area contributed by atoms with E-state index in [1.54, 1.807) is 6.08 Å². The maximum absolute atomic E-state index is 11.6. The van der Waals surface area contributed by atoms with Crippen LogP contribution in [0.1, 0.15) is 39.0 Å². The Kier molecular flexibility index (Phi) is 6.61. The quantitative estimate of drug-likeness (QED) is 0.538. The molecule has 0 aromatic rings. The molecule has 0 heterocycles. The van der Waals surface area contributed by atoms with Gasteiger partial charge in [-0.25, -0.2) is 0 Å². The van der Waals surface area contributed by atoms with Gasteiger partial charge in [0.25, 0.3) is 0 Å². The largest absolute Gasteiger partial charge is 0.396 e. The molecule has 1 atom stereocenters. The summed E-state index contributed by atoms with van der Waals surface area (Å²) in [5.74, 6) is 0.0229. The number of ketones is 1. The summed E-state index contributed by atoms with van der Waals surface area (Å²) in [4.78, 5) is 11.6. The molecule has 0 unspecified atom stereocenters. The van der Waals surface area contributed by atoms with E-state index in [0.29, 0.717) is 25.7 Å². The molecule has 0 amide bonds. The topological polar surface area (TPSA) is 57.5 Å². The van der Waals surface area contributed by atoms with Gasteiger partial charge in [0, 0.05) is 6.61 Å². The zero-order valence-electron chi connectivity index (χ0n) is 10.9. The lowest BCUT2D eigenvalue weighted by Gasteiger charge is -2.05. The van der Waals surface area contributed by atoms with Crippen LogP contribution in [0.2, 0.25) is 0 Å². The summed E-state index contributed by atoms with van der Waals surface area (Å²) < 4.78 is 0. The highest BCUT2D eigenvalue weighted by atomic mass is 16.3. The SMILES string of the molecule is CC/C=C\C[C@H](O)C/C=C1\CC(CCO)=CC1=O. The fraction of sp³-hybridized carbons (Fsp3) is 0.533. The van der Waals surface area contributed by atoms with Crippen LogP contribution >= 0.6 is 0 Å². The van der Waals surface area contributed by atoms with Crippen molar-refractivity contribution in [3.63, 3.8) is 0 Å². The summed E-state index contributed by atoms with van der Waals surface area (Å²) in [6.07, 6.45) is 10.3. The number of rotatable bonds is 7.